The number of fused-ring (bicyclic) bond motifs is 1. The van der Waals surface area contributed by atoms with Crippen molar-refractivity contribution >= 4 is 16.8 Å². The first-order valence-corrected chi connectivity index (χ1v) is 8.71. The minimum Gasteiger partial charge on any atom is -0.354 e. The molecular formula is C19H27N3O2. The molecule has 0 aliphatic rings. The average Bonchev–Trinajstić information content (AvgIpc) is 2.54. The van der Waals surface area contributed by atoms with Crippen LogP contribution in [0.3, 0.4) is 0 Å². The Labute approximate surface area is 143 Å². The summed E-state index contributed by atoms with van der Waals surface area (Å²) in [5, 5.41) is 7.83. The molecule has 0 fully saturated rings. The van der Waals surface area contributed by atoms with Crippen molar-refractivity contribution < 1.29 is 4.79 Å². The lowest BCUT2D eigenvalue weighted by Gasteiger charge is -2.15. The smallest absolute Gasteiger partial charge is 0.222 e. The fraction of sp³-hybridized carbons (Fsp3) is 0.526. The first-order valence-electron chi connectivity index (χ1n) is 8.71. The van der Waals surface area contributed by atoms with Gasteiger partial charge >= 0.3 is 0 Å². The summed E-state index contributed by atoms with van der Waals surface area (Å²) >= 11 is 0. The topological polar surface area (TPSA) is 64.0 Å². The average molecular weight is 329 g/mol. The second-order valence-electron chi connectivity index (χ2n) is 6.79. The highest BCUT2D eigenvalue weighted by Gasteiger charge is 2.09. The van der Waals surface area contributed by atoms with E-state index in [4.69, 9.17) is 0 Å². The van der Waals surface area contributed by atoms with Crippen LogP contribution < -0.4 is 10.7 Å². The third-order valence-electron chi connectivity index (χ3n) is 4.14. The van der Waals surface area contributed by atoms with Gasteiger partial charge in [-0.25, -0.2) is 0 Å². The number of hydrogen-bond donors (Lipinski definition) is 1. The number of carbonyl (C=O) groups is 1. The second kappa shape index (κ2) is 8.62. The van der Waals surface area contributed by atoms with Crippen LogP contribution in [0.1, 0.15) is 46.5 Å². The van der Waals surface area contributed by atoms with E-state index in [2.05, 4.69) is 24.3 Å². The Kier molecular flexibility index (Phi) is 6.53. The molecule has 24 heavy (non-hydrogen) atoms. The molecule has 0 aliphatic heterocycles. The maximum Gasteiger partial charge on any atom is 0.222 e. The zero-order chi connectivity index (χ0) is 17.5. The van der Waals surface area contributed by atoms with Crippen LogP contribution in [0, 0.1) is 5.92 Å². The molecule has 2 rings (SSSR count). The van der Waals surface area contributed by atoms with Crippen LogP contribution in [0.2, 0.25) is 0 Å². The summed E-state index contributed by atoms with van der Waals surface area (Å²) in [4.78, 5) is 23.9. The summed E-state index contributed by atoms with van der Waals surface area (Å²) in [5.41, 5.74) is 0.674. The molecule has 130 valence electrons. The van der Waals surface area contributed by atoms with E-state index in [9.17, 15) is 9.59 Å². The first-order chi connectivity index (χ1) is 11.5. The zero-order valence-electron chi connectivity index (χ0n) is 14.8. The zero-order valence-corrected chi connectivity index (χ0v) is 14.8. The van der Waals surface area contributed by atoms with Gasteiger partial charge in [0, 0.05) is 17.8 Å². The second-order valence-corrected chi connectivity index (χ2v) is 6.79. The number of hydrogen-bond acceptors (Lipinski definition) is 3. The Bertz CT molecular complexity index is 737. The summed E-state index contributed by atoms with van der Waals surface area (Å²) in [7, 11) is 0. The van der Waals surface area contributed by atoms with Gasteiger partial charge in [-0.2, -0.15) is 5.10 Å². The molecule has 0 aliphatic carbocycles. The van der Waals surface area contributed by atoms with Crippen LogP contribution >= 0.6 is 0 Å². The summed E-state index contributed by atoms with van der Waals surface area (Å²) in [6, 6.07) is 7.54. The Balaban J connectivity index is 1.88. The Hall–Kier alpha value is -2.17. The van der Waals surface area contributed by atoms with Crippen LogP contribution in [-0.2, 0) is 11.3 Å². The standard InChI is InChI=1S/C19H27N3O2/c1-14(2)7-6-8-15(3)21-19(24)11-12-22-17-10-5-4-9-16(17)18(23)13-20-22/h4-5,9-10,13-15H,6-8,11-12H2,1-3H3,(H,21,24). The number of aromatic nitrogens is 2. The summed E-state index contributed by atoms with van der Waals surface area (Å²) in [5.74, 6) is 0.726. The van der Waals surface area contributed by atoms with Crippen LogP contribution in [0.5, 0.6) is 0 Å². The molecule has 5 nitrogen and oxygen atoms in total. The lowest BCUT2D eigenvalue weighted by Crippen LogP contribution is -2.33. The molecule has 1 aromatic carbocycles. The van der Waals surface area contributed by atoms with Gasteiger partial charge < -0.3 is 5.32 Å². The highest BCUT2D eigenvalue weighted by atomic mass is 16.1. The van der Waals surface area contributed by atoms with Crippen LogP contribution in [-0.4, -0.2) is 21.7 Å². The lowest BCUT2D eigenvalue weighted by molar-refractivity contribution is -0.122. The molecule has 0 saturated carbocycles. The molecule has 1 heterocycles. The molecule has 0 bridgehead atoms. The molecule has 1 unspecified atom stereocenters. The summed E-state index contributed by atoms with van der Waals surface area (Å²) in [6.45, 7) is 6.94. The molecule has 0 saturated heterocycles. The van der Waals surface area contributed by atoms with Crippen LogP contribution in [0.15, 0.2) is 35.3 Å². The summed E-state index contributed by atoms with van der Waals surface area (Å²) in [6.07, 6.45) is 4.99. The molecular weight excluding hydrogens is 302 g/mol. The minimum absolute atomic E-state index is 0.0247. The summed E-state index contributed by atoms with van der Waals surface area (Å²) < 4.78 is 1.72. The third-order valence-corrected chi connectivity index (χ3v) is 4.14. The number of nitrogens with zero attached hydrogens (tertiary/aromatic N) is 2. The third kappa shape index (κ3) is 5.18. The van der Waals surface area contributed by atoms with Crippen molar-refractivity contribution in [1.82, 2.24) is 15.1 Å². The number of para-hydroxylation sites is 1. The predicted molar refractivity (Wildman–Crippen MR) is 96.9 cm³/mol. The van der Waals surface area contributed by atoms with Crippen molar-refractivity contribution in [2.24, 2.45) is 5.92 Å². The quantitative estimate of drug-likeness (QED) is 0.809. The Morgan fingerprint density at radius 3 is 2.71 bits per heavy atom. The van der Waals surface area contributed by atoms with E-state index in [1.807, 2.05) is 25.1 Å². The maximum absolute atomic E-state index is 12.1. The van der Waals surface area contributed by atoms with E-state index in [-0.39, 0.29) is 17.4 Å². The molecule has 0 spiro atoms. The van der Waals surface area contributed by atoms with Gasteiger partial charge in [0.2, 0.25) is 11.3 Å². The number of carbonyl (C=O) groups excluding carboxylic acids is 1. The van der Waals surface area contributed by atoms with Crippen LogP contribution in [0.25, 0.3) is 10.9 Å². The van der Waals surface area contributed by atoms with Gasteiger partial charge in [-0.3, -0.25) is 14.3 Å². The highest BCUT2D eigenvalue weighted by molar-refractivity contribution is 5.79. The van der Waals surface area contributed by atoms with Crippen molar-refractivity contribution in [3.63, 3.8) is 0 Å². The fourth-order valence-electron chi connectivity index (χ4n) is 2.80. The van der Waals surface area contributed by atoms with Gasteiger partial charge in [0.25, 0.3) is 0 Å². The number of nitrogens with one attached hydrogen (secondary N) is 1. The first kappa shape index (κ1) is 18.2. The van der Waals surface area contributed by atoms with Crippen molar-refractivity contribution in [1.29, 1.82) is 0 Å². The van der Waals surface area contributed by atoms with E-state index in [1.54, 1.807) is 10.7 Å². The molecule has 5 heteroatoms. The van der Waals surface area contributed by atoms with Gasteiger partial charge in [-0.05, 0) is 31.4 Å². The molecule has 1 aromatic heterocycles. The minimum atomic E-state index is -0.0925. The van der Waals surface area contributed by atoms with Crippen LogP contribution in [0.4, 0.5) is 0 Å². The molecule has 1 N–H and O–H groups in total. The van der Waals surface area contributed by atoms with E-state index in [0.29, 0.717) is 24.3 Å². The van der Waals surface area contributed by atoms with Crippen molar-refractivity contribution in [3.05, 3.63) is 40.7 Å². The van der Waals surface area contributed by atoms with Gasteiger partial charge in [0.05, 0.1) is 18.3 Å². The monoisotopic (exact) mass is 329 g/mol. The van der Waals surface area contributed by atoms with Crippen molar-refractivity contribution in [2.75, 3.05) is 0 Å². The number of aryl methyl sites for hydroxylation is 1. The Morgan fingerprint density at radius 1 is 1.21 bits per heavy atom. The van der Waals surface area contributed by atoms with Gasteiger partial charge in [-0.15, -0.1) is 0 Å². The van der Waals surface area contributed by atoms with Gasteiger partial charge in [0.15, 0.2) is 0 Å². The highest BCUT2D eigenvalue weighted by Crippen LogP contribution is 2.10. The molecule has 1 atom stereocenters. The maximum atomic E-state index is 12.1. The fourth-order valence-corrected chi connectivity index (χ4v) is 2.80. The van der Waals surface area contributed by atoms with Crippen molar-refractivity contribution in [2.45, 2.75) is 59.0 Å². The number of benzene rings is 1. The van der Waals surface area contributed by atoms with Crippen molar-refractivity contribution in [3.8, 4) is 0 Å². The largest absolute Gasteiger partial charge is 0.354 e. The van der Waals surface area contributed by atoms with E-state index >= 15 is 0 Å². The molecule has 0 radical (unpaired) electrons. The van der Waals surface area contributed by atoms with E-state index in [1.165, 1.54) is 12.6 Å². The normalized spacial score (nSPS) is 12.5. The SMILES string of the molecule is CC(C)CCCC(C)NC(=O)CCn1ncc(=O)c2ccccc21. The lowest BCUT2D eigenvalue weighted by atomic mass is 10.0. The molecule has 2 aromatic rings. The predicted octanol–water partition coefficient (Wildman–Crippen LogP) is 3.12. The van der Waals surface area contributed by atoms with Gasteiger partial charge in [-0.1, -0.05) is 38.8 Å². The van der Waals surface area contributed by atoms with E-state index in [0.717, 1.165) is 18.4 Å². The van der Waals surface area contributed by atoms with Gasteiger partial charge in [0.1, 0.15) is 0 Å². The molecule has 1 amide bonds. The number of amides is 1. The Morgan fingerprint density at radius 2 is 1.96 bits per heavy atom. The number of rotatable bonds is 8. The van der Waals surface area contributed by atoms with E-state index < -0.39 is 0 Å².